The van der Waals surface area contributed by atoms with Crippen molar-refractivity contribution in [2.45, 2.75) is 38.5 Å². The summed E-state index contributed by atoms with van der Waals surface area (Å²) in [6.45, 7) is 5.61. The number of rotatable bonds is 2. The first-order valence-electron chi connectivity index (χ1n) is 6.45. The predicted molar refractivity (Wildman–Crippen MR) is 69.4 cm³/mol. The summed E-state index contributed by atoms with van der Waals surface area (Å²) in [5.74, 6) is 1.37. The lowest BCUT2D eigenvalue weighted by molar-refractivity contribution is 0.138. The van der Waals surface area contributed by atoms with Crippen LogP contribution < -0.4 is 5.73 Å². The third-order valence-electron chi connectivity index (χ3n) is 4.74. The number of hydrogen-bond acceptors (Lipinski definition) is 1. The van der Waals surface area contributed by atoms with E-state index in [4.69, 9.17) is 5.73 Å². The van der Waals surface area contributed by atoms with Gasteiger partial charge in [0.2, 0.25) is 0 Å². The van der Waals surface area contributed by atoms with E-state index in [2.05, 4.69) is 44.2 Å². The van der Waals surface area contributed by atoms with Gasteiger partial charge in [-0.25, -0.2) is 0 Å². The fourth-order valence-corrected chi connectivity index (χ4v) is 3.35. The lowest BCUT2D eigenvalue weighted by Gasteiger charge is -2.46. The summed E-state index contributed by atoms with van der Waals surface area (Å²) in [6, 6.07) is 10.9. The molecule has 88 valence electrons. The van der Waals surface area contributed by atoms with Crippen molar-refractivity contribution < 1.29 is 0 Å². The molecule has 16 heavy (non-hydrogen) atoms. The van der Waals surface area contributed by atoms with Crippen molar-refractivity contribution in [3.05, 3.63) is 35.9 Å². The Morgan fingerprint density at radius 3 is 2.56 bits per heavy atom. The molecule has 1 aliphatic carbocycles. The summed E-state index contributed by atoms with van der Waals surface area (Å²) < 4.78 is 0. The van der Waals surface area contributed by atoms with Crippen LogP contribution in [0.3, 0.4) is 0 Å². The van der Waals surface area contributed by atoms with Crippen LogP contribution >= 0.6 is 0 Å². The highest BCUT2D eigenvalue weighted by Gasteiger charge is 2.41. The van der Waals surface area contributed by atoms with Gasteiger partial charge < -0.3 is 5.73 Å². The molecule has 3 unspecified atom stereocenters. The van der Waals surface area contributed by atoms with E-state index >= 15 is 0 Å². The van der Waals surface area contributed by atoms with Crippen molar-refractivity contribution in [3.63, 3.8) is 0 Å². The zero-order chi connectivity index (χ0) is 11.6. The Bertz CT molecular complexity index is 333. The van der Waals surface area contributed by atoms with Gasteiger partial charge >= 0.3 is 0 Å². The summed E-state index contributed by atoms with van der Waals surface area (Å²) in [5.41, 5.74) is 7.72. The third kappa shape index (κ3) is 1.78. The van der Waals surface area contributed by atoms with Gasteiger partial charge in [0.25, 0.3) is 0 Å². The van der Waals surface area contributed by atoms with Gasteiger partial charge in [0.1, 0.15) is 0 Å². The molecule has 3 atom stereocenters. The lowest BCUT2D eigenvalue weighted by atomic mass is 9.58. The predicted octanol–water partition coefficient (Wildman–Crippen LogP) is 3.34. The first-order valence-corrected chi connectivity index (χ1v) is 6.45. The molecule has 2 N–H and O–H groups in total. The van der Waals surface area contributed by atoms with Gasteiger partial charge in [-0.15, -0.1) is 0 Å². The Balaban J connectivity index is 2.39. The van der Waals surface area contributed by atoms with Crippen molar-refractivity contribution in [2.75, 3.05) is 6.54 Å². The van der Waals surface area contributed by atoms with Gasteiger partial charge in [0.15, 0.2) is 0 Å². The van der Waals surface area contributed by atoms with Crippen LogP contribution in [-0.2, 0) is 5.41 Å². The number of nitrogens with two attached hydrogens (primary N) is 1. The van der Waals surface area contributed by atoms with Crippen LogP contribution in [0.1, 0.15) is 38.7 Å². The molecule has 1 aromatic rings. The Morgan fingerprint density at radius 1 is 1.25 bits per heavy atom. The molecule has 0 amide bonds. The Morgan fingerprint density at radius 2 is 1.94 bits per heavy atom. The monoisotopic (exact) mass is 217 g/mol. The van der Waals surface area contributed by atoms with E-state index in [1.54, 1.807) is 0 Å². The molecule has 0 radical (unpaired) electrons. The summed E-state index contributed by atoms with van der Waals surface area (Å²) in [4.78, 5) is 0. The minimum Gasteiger partial charge on any atom is -0.330 e. The highest BCUT2D eigenvalue weighted by molar-refractivity contribution is 5.27. The molecule has 0 heterocycles. The quantitative estimate of drug-likeness (QED) is 0.808. The molecule has 0 bridgehead atoms. The SMILES string of the molecule is CC1CCCC(CN)C1(C)c1ccccc1. The molecule has 1 aliphatic rings. The normalized spacial score (nSPS) is 34.9. The van der Waals surface area contributed by atoms with Gasteiger partial charge in [-0.2, -0.15) is 0 Å². The van der Waals surface area contributed by atoms with Gasteiger partial charge in [-0.1, -0.05) is 50.6 Å². The van der Waals surface area contributed by atoms with Gasteiger partial charge in [0, 0.05) is 0 Å². The van der Waals surface area contributed by atoms with Crippen molar-refractivity contribution in [2.24, 2.45) is 17.6 Å². The van der Waals surface area contributed by atoms with E-state index in [0.717, 1.165) is 12.5 Å². The topological polar surface area (TPSA) is 26.0 Å². The van der Waals surface area contributed by atoms with E-state index in [0.29, 0.717) is 5.92 Å². The highest BCUT2D eigenvalue weighted by Crippen LogP contribution is 2.46. The molecular formula is C15H23N. The van der Waals surface area contributed by atoms with Crippen LogP contribution in [0.25, 0.3) is 0 Å². The van der Waals surface area contributed by atoms with Gasteiger partial charge in [0.05, 0.1) is 0 Å². The Hall–Kier alpha value is -0.820. The Labute approximate surface area is 99.0 Å². The summed E-state index contributed by atoms with van der Waals surface area (Å²) in [5, 5.41) is 0. The second-order valence-corrected chi connectivity index (χ2v) is 5.41. The van der Waals surface area contributed by atoms with E-state index in [1.165, 1.54) is 24.8 Å². The van der Waals surface area contributed by atoms with E-state index in [-0.39, 0.29) is 5.41 Å². The molecule has 2 rings (SSSR count). The summed E-state index contributed by atoms with van der Waals surface area (Å²) >= 11 is 0. The maximum Gasteiger partial charge on any atom is -0.000944 e. The first-order chi connectivity index (χ1) is 7.69. The molecule has 1 saturated carbocycles. The smallest absolute Gasteiger partial charge is 0.000944 e. The van der Waals surface area contributed by atoms with Crippen LogP contribution in [-0.4, -0.2) is 6.54 Å². The number of benzene rings is 1. The van der Waals surface area contributed by atoms with Gasteiger partial charge in [-0.05, 0) is 42.2 Å². The second kappa shape index (κ2) is 4.58. The standard InChI is InChI=1S/C15H23N/c1-12-7-6-10-14(11-16)15(12,2)13-8-4-3-5-9-13/h3-5,8-9,12,14H,6-7,10-11,16H2,1-2H3. The van der Waals surface area contributed by atoms with Crippen molar-refractivity contribution in [1.29, 1.82) is 0 Å². The molecule has 1 nitrogen and oxygen atoms in total. The zero-order valence-corrected chi connectivity index (χ0v) is 10.4. The zero-order valence-electron chi connectivity index (χ0n) is 10.4. The van der Waals surface area contributed by atoms with Crippen molar-refractivity contribution in [3.8, 4) is 0 Å². The minimum absolute atomic E-state index is 0.272. The van der Waals surface area contributed by atoms with E-state index in [9.17, 15) is 0 Å². The maximum absolute atomic E-state index is 5.98. The second-order valence-electron chi connectivity index (χ2n) is 5.41. The van der Waals surface area contributed by atoms with Gasteiger partial charge in [-0.3, -0.25) is 0 Å². The first kappa shape index (κ1) is 11.7. The Kier molecular flexibility index (Phi) is 3.34. The average Bonchev–Trinajstić information content (AvgIpc) is 2.34. The number of hydrogen-bond donors (Lipinski definition) is 1. The summed E-state index contributed by atoms with van der Waals surface area (Å²) in [7, 11) is 0. The highest BCUT2D eigenvalue weighted by atomic mass is 14.6. The third-order valence-corrected chi connectivity index (χ3v) is 4.74. The lowest BCUT2D eigenvalue weighted by Crippen LogP contribution is -2.44. The molecule has 0 saturated heterocycles. The molecule has 0 aromatic heterocycles. The van der Waals surface area contributed by atoms with Crippen LogP contribution in [0.15, 0.2) is 30.3 Å². The maximum atomic E-state index is 5.98. The summed E-state index contributed by atoms with van der Waals surface area (Å²) in [6.07, 6.45) is 3.96. The van der Waals surface area contributed by atoms with E-state index in [1.807, 2.05) is 0 Å². The van der Waals surface area contributed by atoms with Crippen LogP contribution in [0.4, 0.5) is 0 Å². The average molecular weight is 217 g/mol. The largest absolute Gasteiger partial charge is 0.330 e. The van der Waals surface area contributed by atoms with Crippen molar-refractivity contribution >= 4 is 0 Å². The molecule has 1 aromatic carbocycles. The molecule has 0 spiro atoms. The molecular weight excluding hydrogens is 194 g/mol. The molecule has 1 fully saturated rings. The van der Waals surface area contributed by atoms with Crippen molar-refractivity contribution in [1.82, 2.24) is 0 Å². The van der Waals surface area contributed by atoms with Crippen LogP contribution in [0.5, 0.6) is 0 Å². The fourth-order valence-electron chi connectivity index (χ4n) is 3.35. The minimum atomic E-state index is 0.272. The van der Waals surface area contributed by atoms with Crippen LogP contribution in [0.2, 0.25) is 0 Å². The molecule has 0 aliphatic heterocycles. The van der Waals surface area contributed by atoms with Crippen LogP contribution in [0, 0.1) is 11.8 Å². The fraction of sp³-hybridized carbons (Fsp3) is 0.600. The molecule has 1 heteroatoms. The van der Waals surface area contributed by atoms with E-state index < -0.39 is 0 Å².